The normalized spacial score (nSPS) is 24.2. The molecule has 1 heterocycles. The first-order valence-corrected chi connectivity index (χ1v) is 17.3. The number of thioether (sulfide) groups is 1. The maximum atomic E-state index is 12.9. The van der Waals surface area contributed by atoms with Crippen LogP contribution in [0.15, 0.2) is 12.1 Å². The molecule has 42 heavy (non-hydrogen) atoms. The Bertz CT molecular complexity index is 882. The number of aliphatic hydroxyl groups is 1. The summed E-state index contributed by atoms with van der Waals surface area (Å²) in [5.74, 6) is 0.578. The first-order chi connectivity index (χ1) is 20.4. The number of hydrogen-bond acceptors (Lipinski definition) is 8. The van der Waals surface area contributed by atoms with Crippen molar-refractivity contribution in [1.82, 2.24) is 0 Å². The lowest BCUT2D eigenvalue weighted by Crippen LogP contribution is -2.61. The van der Waals surface area contributed by atoms with Gasteiger partial charge in [0.15, 0.2) is 4.93 Å². The van der Waals surface area contributed by atoms with Crippen molar-refractivity contribution in [1.29, 1.82) is 0 Å². The molecule has 0 bridgehead atoms. The van der Waals surface area contributed by atoms with Gasteiger partial charge in [-0.2, -0.15) is 0 Å². The lowest BCUT2D eigenvalue weighted by Gasteiger charge is -2.50. The Hall–Kier alpha value is -1.16. The van der Waals surface area contributed by atoms with E-state index in [4.69, 9.17) is 23.7 Å². The van der Waals surface area contributed by atoms with Gasteiger partial charge in [0.2, 0.25) is 0 Å². The summed E-state index contributed by atoms with van der Waals surface area (Å²) in [5, 5.41) is 12.7. The van der Waals surface area contributed by atoms with E-state index in [1.807, 2.05) is 13.0 Å². The molecule has 1 fully saturated rings. The van der Waals surface area contributed by atoms with Crippen LogP contribution in [0.1, 0.15) is 120 Å². The van der Waals surface area contributed by atoms with E-state index in [0.717, 1.165) is 76.1 Å². The predicted molar refractivity (Wildman–Crippen MR) is 172 cm³/mol. The van der Waals surface area contributed by atoms with Crippen LogP contribution in [0.2, 0.25) is 0 Å². The van der Waals surface area contributed by atoms with Gasteiger partial charge in [0.25, 0.3) is 0 Å². The highest BCUT2D eigenvalue weighted by molar-refractivity contribution is 8.00. The van der Waals surface area contributed by atoms with Gasteiger partial charge in [-0.05, 0) is 56.7 Å². The summed E-state index contributed by atoms with van der Waals surface area (Å²) >= 11 is 1.40. The van der Waals surface area contributed by atoms with E-state index in [2.05, 4.69) is 34.6 Å². The summed E-state index contributed by atoms with van der Waals surface area (Å²) in [6.07, 6.45) is 8.83. The molecular weight excluding hydrogens is 552 g/mol. The van der Waals surface area contributed by atoms with E-state index in [0.29, 0.717) is 56.5 Å². The fourth-order valence-corrected chi connectivity index (χ4v) is 6.60. The van der Waals surface area contributed by atoms with Gasteiger partial charge in [0.1, 0.15) is 30.3 Å². The summed E-state index contributed by atoms with van der Waals surface area (Å²) in [6, 6.07) is 3.66. The highest BCUT2D eigenvalue weighted by atomic mass is 32.2. The van der Waals surface area contributed by atoms with Crippen molar-refractivity contribution in [2.45, 2.75) is 134 Å². The van der Waals surface area contributed by atoms with Gasteiger partial charge in [-0.15, -0.1) is 11.8 Å². The predicted octanol–water partition coefficient (Wildman–Crippen LogP) is 7.62. The van der Waals surface area contributed by atoms with Crippen LogP contribution in [0.25, 0.3) is 0 Å². The van der Waals surface area contributed by atoms with E-state index < -0.39 is 17.1 Å². The van der Waals surface area contributed by atoms with Crippen LogP contribution < -0.4 is 4.74 Å². The minimum absolute atomic E-state index is 0.217. The zero-order valence-corrected chi connectivity index (χ0v) is 28.0. The van der Waals surface area contributed by atoms with Crippen molar-refractivity contribution in [3.63, 3.8) is 0 Å². The van der Waals surface area contributed by atoms with Crippen molar-refractivity contribution in [2.24, 2.45) is 0 Å². The van der Waals surface area contributed by atoms with Crippen molar-refractivity contribution in [3.05, 3.63) is 28.8 Å². The minimum Gasteiger partial charge on any atom is -0.493 e. The van der Waals surface area contributed by atoms with E-state index in [1.165, 1.54) is 11.8 Å². The molecule has 0 radical (unpaired) electrons. The van der Waals surface area contributed by atoms with Crippen molar-refractivity contribution in [2.75, 3.05) is 39.6 Å². The quantitative estimate of drug-likeness (QED) is 0.100. The molecule has 1 saturated heterocycles. The maximum absolute atomic E-state index is 12.9. The lowest BCUT2D eigenvalue weighted by molar-refractivity contribution is -0.190. The molecule has 0 spiro atoms. The molecule has 0 aliphatic carbocycles. The SMILES string of the molecule is CCCCOC[C@H]1SC(O)(c2cc(C=O)c(C)cc2OCCCC)[C@H](OCCCC)[C@@H](OCCCC)[C@@H]1OCCCC. The largest absolute Gasteiger partial charge is 0.493 e. The Kier molecular flexibility index (Phi) is 18.3. The first kappa shape index (κ1) is 37.0. The van der Waals surface area contributed by atoms with E-state index >= 15 is 0 Å². The molecule has 8 heteroatoms. The number of rotatable bonds is 23. The van der Waals surface area contributed by atoms with Crippen LogP contribution in [0, 0.1) is 6.92 Å². The van der Waals surface area contributed by atoms with E-state index in [-0.39, 0.29) is 11.4 Å². The zero-order valence-electron chi connectivity index (χ0n) is 27.2. The average molecular weight is 611 g/mol. The third kappa shape index (κ3) is 10.8. The highest BCUT2D eigenvalue weighted by Gasteiger charge is 2.57. The fourth-order valence-electron chi connectivity index (χ4n) is 4.99. The number of unbranched alkanes of at least 4 members (excludes halogenated alkanes) is 5. The highest BCUT2D eigenvalue weighted by Crippen LogP contribution is 2.52. The zero-order chi connectivity index (χ0) is 30.8. The Morgan fingerprint density at radius 2 is 1.33 bits per heavy atom. The molecule has 1 aliphatic rings. The first-order valence-electron chi connectivity index (χ1n) is 16.5. The standard InChI is InChI=1S/C34H58O7S/c1-7-12-17-37-25-30-31(39-19-14-9-3)32(40-20-15-10-4)33(41-21-16-11-5)34(36,42-30)28-23-27(24-35)26(6)22-29(28)38-18-13-8-2/h22-24,30-33,36H,7-21,25H2,1-6H3/t30-,31-,32+,33-,34?/m1/s1. The third-order valence-corrected chi connectivity index (χ3v) is 9.20. The summed E-state index contributed by atoms with van der Waals surface area (Å²) in [7, 11) is 0. The van der Waals surface area contributed by atoms with E-state index in [1.54, 1.807) is 6.07 Å². The molecule has 242 valence electrons. The summed E-state index contributed by atoms with van der Waals surface area (Å²) in [5.41, 5.74) is 1.88. The molecule has 2 rings (SSSR count). The Balaban J connectivity index is 2.68. The fraction of sp³-hybridized carbons (Fsp3) is 0.794. The summed E-state index contributed by atoms with van der Waals surface area (Å²) < 4.78 is 32.2. The maximum Gasteiger partial charge on any atom is 0.168 e. The molecule has 1 aromatic rings. The van der Waals surface area contributed by atoms with Crippen LogP contribution in [0.5, 0.6) is 5.75 Å². The molecule has 7 nitrogen and oxygen atoms in total. The van der Waals surface area contributed by atoms with Crippen LogP contribution in [0.4, 0.5) is 0 Å². The number of carbonyl (C=O) groups is 1. The van der Waals surface area contributed by atoms with Gasteiger partial charge in [0, 0.05) is 37.6 Å². The Morgan fingerprint density at radius 3 is 1.93 bits per heavy atom. The molecule has 0 saturated carbocycles. The second-order valence-electron chi connectivity index (χ2n) is 11.3. The molecule has 0 aromatic heterocycles. The second kappa shape index (κ2) is 20.7. The van der Waals surface area contributed by atoms with Crippen molar-refractivity contribution < 1.29 is 33.6 Å². The van der Waals surface area contributed by atoms with Crippen molar-refractivity contribution in [3.8, 4) is 5.75 Å². The smallest absolute Gasteiger partial charge is 0.168 e. The van der Waals surface area contributed by atoms with Gasteiger partial charge >= 0.3 is 0 Å². The number of hydrogen-bond donors (Lipinski definition) is 1. The molecule has 1 aliphatic heterocycles. The van der Waals surface area contributed by atoms with Crippen LogP contribution >= 0.6 is 11.8 Å². The second-order valence-corrected chi connectivity index (χ2v) is 12.8. The van der Waals surface area contributed by atoms with E-state index in [9.17, 15) is 9.90 Å². The molecule has 5 atom stereocenters. The molecule has 1 N–H and O–H groups in total. The third-order valence-electron chi connectivity index (χ3n) is 7.68. The molecule has 1 aromatic carbocycles. The van der Waals surface area contributed by atoms with Crippen LogP contribution in [-0.2, 0) is 23.9 Å². The average Bonchev–Trinajstić information content (AvgIpc) is 2.98. The molecule has 1 unspecified atom stereocenters. The monoisotopic (exact) mass is 610 g/mol. The minimum atomic E-state index is -1.55. The van der Waals surface area contributed by atoms with Gasteiger partial charge < -0.3 is 28.8 Å². The Morgan fingerprint density at radius 1 is 0.786 bits per heavy atom. The van der Waals surface area contributed by atoms with Gasteiger partial charge in [-0.3, -0.25) is 4.79 Å². The topological polar surface area (TPSA) is 83.5 Å². The molecular formula is C34H58O7S. The van der Waals surface area contributed by atoms with Crippen LogP contribution in [0.3, 0.4) is 0 Å². The Labute approximate surface area is 259 Å². The lowest BCUT2D eigenvalue weighted by atomic mass is 9.91. The number of aldehydes is 1. The summed E-state index contributed by atoms with van der Waals surface area (Å²) in [4.78, 5) is 10.6. The number of carbonyl (C=O) groups excluding carboxylic acids is 1. The van der Waals surface area contributed by atoms with Gasteiger partial charge in [-0.25, -0.2) is 0 Å². The number of ether oxygens (including phenoxy) is 5. The number of aryl methyl sites for hydroxylation is 1. The number of benzene rings is 1. The van der Waals surface area contributed by atoms with Gasteiger partial charge in [-0.1, -0.05) is 66.7 Å². The van der Waals surface area contributed by atoms with Crippen LogP contribution in [-0.4, -0.2) is 74.6 Å². The van der Waals surface area contributed by atoms with Crippen molar-refractivity contribution >= 4 is 18.0 Å². The molecule has 0 amide bonds. The van der Waals surface area contributed by atoms with Gasteiger partial charge in [0.05, 0.1) is 18.5 Å². The summed E-state index contributed by atoms with van der Waals surface area (Å²) in [6.45, 7) is 15.8.